The molecule has 1 saturated heterocycles. The molecule has 1 aromatic carbocycles. The lowest BCUT2D eigenvalue weighted by molar-refractivity contribution is -0.117. The van der Waals surface area contributed by atoms with Crippen LogP contribution in [0.25, 0.3) is 10.2 Å². The van der Waals surface area contributed by atoms with Gasteiger partial charge in [-0.15, -0.1) is 0 Å². The van der Waals surface area contributed by atoms with Crippen molar-refractivity contribution < 1.29 is 9.18 Å². The van der Waals surface area contributed by atoms with Crippen LogP contribution in [0, 0.1) is 11.7 Å². The third-order valence-corrected chi connectivity index (χ3v) is 4.17. The summed E-state index contributed by atoms with van der Waals surface area (Å²) in [6.45, 7) is 1.07. The van der Waals surface area contributed by atoms with Crippen LogP contribution in [0.5, 0.6) is 0 Å². The third kappa shape index (κ3) is 1.77. The number of hydrogen-bond donors (Lipinski definition) is 1. The number of carbonyl (C=O) groups is 1. The van der Waals surface area contributed by atoms with E-state index in [0.717, 1.165) is 4.70 Å². The Morgan fingerprint density at radius 2 is 2.39 bits per heavy atom. The molecule has 1 unspecified atom stereocenters. The summed E-state index contributed by atoms with van der Waals surface area (Å²) < 4.78 is 14.3. The van der Waals surface area contributed by atoms with Crippen LogP contribution in [-0.2, 0) is 4.79 Å². The average molecular weight is 265 g/mol. The summed E-state index contributed by atoms with van der Waals surface area (Å²) in [6.07, 6.45) is 0.453. The highest BCUT2D eigenvalue weighted by atomic mass is 32.1. The predicted molar refractivity (Wildman–Crippen MR) is 69.1 cm³/mol. The molecule has 6 heteroatoms. The summed E-state index contributed by atoms with van der Waals surface area (Å²) in [5, 5.41) is 0.566. The van der Waals surface area contributed by atoms with E-state index in [1.54, 1.807) is 17.0 Å². The summed E-state index contributed by atoms with van der Waals surface area (Å²) >= 11 is 1.34. The molecule has 1 aromatic heterocycles. The maximum Gasteiger partial charge on any atom is 0.229 e. The minimum atomic E-state index is -0.350. The molecule has 0 spiro atoms. The summed E-state index contributed by atoms with van der Waals surface area (Å²) in [4.78, 5) is 17.7. The van der Waals surface area contributed by atoms with E-state index < -0.39 is 0 Å². The van der Waals surface area contributed by atoms with Gasteiger partial charge in [0.1, 0.15) is 11.3 Å². The van der Waals surface area contributed by atoms with Crippen molar-refractivity contribution in [1.29, 1.82) is 0 Å². The lowest BCUT2D eigenvalue weighted by atomic mass is 10.1. The number of hydrogen-bond acceptors (Lipinski definition) is 4. The van der Waals surface area contributed by atoms with E-state index in [1.165, 1.54) is 17.4 Å². The standard InChI is InChI=1S/C12H12FN3OS/c13-8-2-1-3-9-11(8)15-12(18-9)16-6-7(5-14)4-10(16)17/h1-3,7H,4-6,14H2. The summed E-state index contributed by atoms with van der Waals surface area (Å²) in [6, 6.07) is 4.83. The number of carbonyl (C=O) groups excluding carboxylic acids is 1. The first-order valence-corrected chi connectivity index (χ1v) is 6.56. The Morgan fingerprint density at radius 1 is 1.56 bits per heavy atom. The highest BCUT2D eigenvalue weighted by Crippen LogP contribution is 2.33. The van der Waals surface area contributed by atoms with Crippen molar-refractivity contribution in [1.82, 2.24) is 4.98 Å². The van der Waals surface area contributed by atoms with Gasteiger partial charge in [-0.2, -0.15) is 0 Å². The molecular weight excluding hydrogens is 253 g/mol. The van der Waals surface area contributed by atoms with Gasteiger partial charge in [0.25, 0.3) is 0 Å². The fourth-order valence-corrected chi connectivity index (χ4v) is 3.15. The van der Waals surface area contributed by atoms with Crippen LogP contribution in [0.2, 0.25) is 0 Å². The normalized spacial score (nSPS) is 20.0. The van der Waals surface area contributed by atoms with Crippen LogP contribution in [0.15, 0.2) is 18.2 Å². The Bertz CT molecular complexity index is 612. The molecule has 1 atom stereocenters. The zero-order valence-corrected chi connectivity index (χ0v) is 10.4. The topological polar surface area (TPSA) is 59.2 Å². The molecule has 2 heterocycles. The summed E-state index contributed by atoms with van der Waals surface area (Å²) in [5.74, 6) is -0.156. The maximum absolute atomic E-state index is 13.5. The van der Waals surface area contributed by atoms with E-state index in [1.807, 2.05) is 0 Å². The number of aromatic nitrogens is 1. The first-order chi connectivity index (χ1) is 8.69. The molecule has 0 aliphatic carbocycles. The molecule has 4 nitrogen and oxygen atoms in total. The molecular formula is C12H12FN3OS. The number of nitrogens with zero attached hydrogens (tertiary/aromatic N) is 2. The van der Waals surface area contributed by atoms with Crippen molar-refractivity contribution in [2.24, 2.45) is 11.7 Å². The SMILES string of the molecule is NCC1CC(=O)N(c2nc3c(F)cccc3s2)C1. The second-order valence-electron chi connectivity index (χ2n) is 4.39. The molecule has 1 aliphatic rings. The van der Waals surface area contributed by atoms with Gasteiger partial charge in [-0.3, -0.25) is 9.69 Å². The van der Waals surface area contributed by atoms with E-state index in [9.17, 15) is 9.18 Å². The molecule has 18 heavy (non-hydrogen) atoms. The van der Waals surface area contributed by atoms with Crippen LogP contribution < -0.4 is 10.6 Å². The first kappa shape index (κ1) is 11.6. The Morgan fingerprint density at radius 3 is 3.06 bits per heavy atom. The zero-order valence-electron chi connectivity index (χ0n) is 9.60. The van der Waals surface area contributed by atoms with Gasteiger partial charge in [0.15, 0.2) is 5.13 Å². The minimum Gasteiger partial charge on any atom is -0.330 e. The quantitative estimate of drug-likeness (QED) is 0.900. The number of nitrogens with two attached hydrogens (primary N) is 1. The van der Waals surface area contributed by atoms with Crippen molar-refractivity contribution in [2.45, 2.75) is 6.42 Å². The molecule has 0 bridgehead atoms. The number of benzene rings is 1. The number of thiazole rings is 1. The molecule has 1 fully saturated rings. The monoisotopic (exact) mass is 265 g/mol. The number of amides is 1. The zero-order chi connectivity index (χ0) is 12.7. The molecule has 3 rings (SSSR count). The van der Waals surface area contributed by atoms with E-state index in [4.69, 9.17) is 5.73 Å². The lowest BCUT2D eigenvalue weighted by Gasteiger charge is -2.11. The van der Waals surface area contributed by atoms with Gasteiger partial charge in [0.05, 0.1) is 4.70 Å². The van der Waals surface area contributed by atoms with Crippen molar-refractivity contribution in [3.8, 4) is 0 Å². The number of rotatable bonds is 2. The Balaban J connectivity index is 2.00. The number of fused-ring (bicyclic) bond motifs is 1. The first-order valence-electron chi connectivity index (χ1n) is 5.74. The Hall–Kier alpha value is -1.53. The van der Waals surface area contributed by atoms with E-state index in [2.05, 4.69) is 4.98 Å². The smallest absolute Gasteiger partial charge is 0.229 e. The Labute approximate surface area is 107 Å². The van der Waals surface area contributed by atoms with Gasteiger partial charge >= 0.3 is 0 Å². The van der Waals surface area contributed by atoms with Crippen LogP contribution in [0.4, 0.5) is 9.52 Å². The summed E-state index contributed by atoms with van der Waals surface area (Å²) in [5.41, 5.74) is 5.91. The Kier molecular flexibility index (Phi) is 2.76. The highest BCUT2D eigenvalue weighted by Gasteiger charge is 2.31. The second-order valence-corrected chi connectivity index (χ2v) is 5.40. The van der Waals surface area contributed by atoms with Gasteiger partial charge in [-0.1, -0.05) is 17.4 Å². The molecule has 0 saturated carbocycles. The van der Waals surface area contributed by atoms with Gasteiger partial charge in [-0.25, -0.2) is 9.37 Å². The van der Waals surface area contributed by atoms with Gasteiger partial charge in [0, 0.05) is 13.0 Å². The minimum absolute atomic E-state index is 0.0184. The largest absolute Gasteiger partial charge is 0.330 e. The number of halogens is 1. The van der Waals surface area contributed by atoms with Crippen molar-refractivity contribution in [3.63, 3.8) is 0 Å². The molecule has 1 amide bonds. The van der Waals surface area contributed by atoms with Crippen LogP contribution in [-0.4, -0.2) is 24.0 Å². The fourth-order valence-electron chi connectivity index (χ4n) is 2.14. The van der Waals surface area contributed by atoms with Gasteiger partial charge in [-0.05, 0) is 24.6 Å². The summed E-state index contributed by atoms with van der Waals surface area (Å²) in [7, 11) is 0. The number of anilines is 1. The average Bonchev–Trinajstić information content (AvgIpc) is 2.93. The van der Waals surface area contributed by atoms with E-state index in [0.29, 0.717) is 30.2 Å². The van der Waals surface area contributed by atoms with Crippen molar-refractivity contribution >= 4 is 32.6 Å². The van der Waals surface area contributed by atoms with Gasteiger partial charge in [0.2, 0.25) is 5.91 Å². The third-order valence-electron chi connectivity index (χ3n) is 3.13. The molecule has 2 aromatic rings. The predicted octanol–water partition coefficient (Wildman–Crippen LogP) is 1.75. The molecule has 0 radical (unpaired) electrons. The molecule has 94 valence electrons. The molecule has 2 N–H and O–H groups in total. The van der Waals surface area contributed by atoms with Crippen LogP contribution >= 0.6 is 11.3 Å². The fraction of sp³-hybridized carbons (Fsp3) is 0.333. The lowest BCUT2D eigenvalue weighted by Crippen LogP contribution is -2.25. The second kappa shape index (κ2) is 4.29. The van der Waals surface area contributed by atoms with Crippen LogP contribution in [0.1, 0.15) is 6.42 Å². The van der Waals surface area contributed by atoms with Crippen molar-refractivity contribution in [2.75, 3.05) is 18.0 Å². The van der Waals surface area contributed by atoms with E-state index >= 15 is 0 Å². The molecule has 1 aliphatic heterocycles. The number of para-hydroxylation sites is 1. The maximum atomic E-state index is 13.5. The van der Waals surface area contributed by atoms with Gasteiger partial charge < -0.3 is 5.73 Å². The van der Waals surface area contributed by atoms with Crippen molar-refractivity contribution in [3.05, 3.63) is 24.0 Å². The highest BCUT2D eigenvalue weighted by molar-refractivity contribution is 7.22. The van der Waals surface area contributed by atoms with E-state index in [-0.39, 0.29) is 17.6 Å². The van der Waals surface area contributed by atoms with Crippen LogP contribution in [0.3, 0.4) is 0 Å².